The molecule has 0 aliphatic carbocycles. The predicted octanol–water partition coefficient (Wildman–Crippen LogP) is 15.6. The standard InChI is InChI=1S/C49H94O6/c1-4-7-10-13-16-19-21-22-23-24-25-26-27-28-31-33-36-39-42-48(51)54-45-46(55-49(52)43-40-37-34-29-18-15-12-9-6-3)44-53-47(50)41-38-35-32-30-20-17-14-11-8-5-2/h46H,4-45H2,1-3H3/t46-/m1/s1. The molecule has 0 fully saturated rings. The second kappa shape index (κ2) is 45.1. The van der Waals surface area contributed by atoms with Gasteiger partial charge in [-0.1, -0.05) is 239 Å². The summed E-state index contributed by atoms with van der Waals surface area (Å²) in [7, 11) is 0. The third-order valence-corrected chi connectivity index (χ3v) is 11.1. The van der Waals surface area contributed by atoms with Gasteiger partial charge in [-0.2, -0.15) is 0 Å². The van der Waals surface area contributed by atoms with Crippen molar-refractivity contribution in [1.82, 2.24) is 0 Å². The molecule has 0 spiro atoms. The molecule has 0 radical (unpaired) electrons. The fourth-order valence-corrected chi connectivity index (χ4v) is 7.38. The molecule has 0 saturated carbocycles. The first-order valence-electron chi connectivity index (χ1n) is 24.5. The molecule has 0 N–H and O–H groups in total. The zero-order valence-corrected chi connectivity index (χ0v) is 37.2. The highest BCUT2D eigenvalue weighted by Gasteiger charge is 2.19. The molecule has 1 atom stereocenters. The Kier molecular flexibility index (Phi) is 43.8. The van der Waals surface area contributed by atoms with E-state index in [0.29, 0.717) is 19.3 Å². The van der Waals surface area contributed by atoms with E-state index >= 15 is 0 Å². The quantitative estimate of drug-likeness (QED) is 0.0348. The summed E-state index contributed by atoms with van der Waals surface area (Å²) in [4.78, 5) is 37.7. The van der Waals surface area contributed by atoms with E-state index in [1.807, 2.05) is 0 Å². The molecule has 0 saturated heterocycles. The molecule has 0 aromatic heterocycles. The lowest BCUT2D eigenvalue weighted by Gasteiger charge is -2.18. The number of esters is 3. The molecule has 0 amide bonds. The lowest BCUT2D eigenvalue weighted by atomic mass is 10.0. The number of rotatable bonds is 45. The Bertz CT molecular complexity index is 813. The highest BCUT2D eigenvalue weighted by molar-refractivity contribution is 5.71. The first-order chi connectivity index (χ1) is 27.0. The van der Waals surface area contributed by atoms with Crippen LogP contribution in [0, 0.1) is 0 Å². The highest BCUT2D eigenvalue weighted by atomic mass is 16.6. The minimum absolute atomic E-state index is 0.0626. The molecule has 0 aliphatic rings. The maximum absolute atomic E-state index is 12.7. The van der Waals surface area contributed by atoms with Gasteiger partial charge in [-0.15, -0.1) is 0 Å². The molecule has 55 heavy (non-hydrogen) atoms. The largest absolute Gasteiger partial charge is 0.462 e. The van der Waals surface area contributed by atoms with Crippen molar-refractivity contribution in [3.63, 3.8) is 0 Å². The van der Waals surface area contributed by atoms with Crippen molar-refractivity contribution in [2.45, 2.75) is 284 Å². The molecule has 0 aromatic carbocycles. The Morgan fingerprint density at radius 1 is 0.291 bits per heavy atom. The first-order valence-corrected chi connectivity index (χ1v) is 24.5. The van der Waals surface area contributed by atoms with Crippen molar-refractivity contribution >= 4 is 17.9 Å². The Balaban J connectivity index is 4.19. The first kappa shape index (κ1) is 53.4. The van der Waals surface area contributed by atoms with E-state index in [0.717, 1.165) is 57.8 Å². The summed E-state index contributed by atoms with van der Waals surface area (Å²) in [5.41, 5.74) is 0. The number of carbonyl (C=O) groups excluding carboxylic acids is 3. The smallest absolute Gasteiger partial charge is 0.306 e. The van der Waals surface area contributed by atoms with Crippen molar-refractivity contribution in [3.05, 3.63) is 0 Å². The summed E-state index contributed by atoms with van der Waals surface area (Å²) in [6, 6.07) is 0. The molecule has 0 aliphatic heterocycles. The fourth-order valence-electron chi connectivity index (χ4n) is 7.38. The Morgan fingerprint density at radius 3 is 0.727 bits per heavy atom. The maximum atomic E-state index is 12.7. The SMILES string of the molecule is CCCCCCCCCCCCCCCCCCCCC(=O)OC[C@@H](COC(=O)CCCCCCCCCCCC)OC(=O)CCCCCCCCCCC. The fraction of sp³-hybridized carbons (Fsp3) is 0.939. The van der Waals surface area contributed by atoms with Gasteiger partial charge in [0.25, 0.3) is 0 Å². The third kappa shape index (κ3) is 43.4. The number of carbonyl (C=O) groups is 3. The van der Waals surface area contributed by atoms with Crippen molar-refractivity contribution < 1.29 is 28.6 Å². The predicted molar refractivity (Wildman–Crippen MR) is 233 cm³/mol. The van der Waals surface area contributed by atoms with Crippen LogP contribution in [0.4, 0.5) is 0 Å². The molecule has 0 aromatic rings. The lowest BCUT2D eigenvalue weighted by molar-refractivity contribution is -0.167. The van der Waals surface area contributed by atoms with Gasteiger partial charge < -0.3 is 14.2 Å². The topological polar surface area (TPSA) is 78.9 Å². The van der Waals surface area contributed by atoms with Gasteiger partial charge in [0.2, 0.25) is 0 Å². The van der Waals surface area contributed by atoms with Gasteiger partial charge in [0, 0.05) is 19.3 Å². The Hall–Kier alpha value is -1.59. The average molecular weight is 779 g/mol. The minimum atomic E-state index is -0.757. The van der Waals surface area contributed by atoms with E-state index in [1.54, 1.807) is 0 Å². The van der Waals surface area contributed by atoms with E-state index in [4.69, 9.17) is 14.2 Å². The summed E-state index contributed by atoms with van der Waals surface area (Å²) in [5.74, 6) is -0.851. The molecule has 0 bridgehead atoms. The Labute approximate surface area is 342 Å². The summed E-state index contributed by atoms with van der Waals surface area (Å²) < 4.78 is 16.7. The van der Waals surface area contributed by atoms with Gasteiger partial charge in [-0.05, 0) is 19.3 Å². The summed E-state index contributed by atoms with van der Waals surface area (Å²) in [6.07, 6.45) is 46.6. The van der Waals surface area contributed by atoms with Gasteiger partial charge in [0.1, 0.15) is 13.2 Å². The number of hydrogen-bond donors (Lipinski definition) is 0. The van der Waals surface area contributed by atoms with Crippen molar-refractivity contribution in [2.24, 2.45) is 0 Å². The van der Waals surface area contributed by atoms with Crippen LogP contribution in [0.25, 0.3) is 0 Å². The summed E-state index contributed by atoms with van der Waals surface area (Å²) >= 11 is 0. The zero-order chi connectivity index (χ0) is 40.1. The molecule has 0 rings (SSSR count). The number of unbranched alkanes of at least 4 members (excludes halogenated alkanes) is 34. The molecular formula is C49H94O6. The third-order valence-electron chi connectivity index (χ3n) is 11.1. The van der Waals surface area contributed by atoms with Crippen LogP contribution in [0.15, 0.2) is 0 Å². The van der Waals surface area contributed by atoms with Crippen LogP contribution >= 0.6 is 0 Å². The van der Waals surface area contributed by atoms with E-state index in [9.17, 15) is 14.4 Å². The normalized spacial score (nSPS) is 11.8. The van der Waals surface area contributed by atoms with E-state index in [2.05, 4.69) is 20.8 Å². The van der Waals surface area contributed by atoms with Crippen LogP contribution in [0.5, 0.6) is 0 Å². The zero-order valence-electron chi connectivity index (χ0n) is 37.2. The van der Waals surface area contributed by atoms with Crippen molar-refractivity contribution in [1.29, 1.82) is 0 Å². The van der Waals surface area contributed by atoms with Crippen LogP contribution in [0.2, 0.25) is 0 Å². The molecule has 0 unspecified atom stereocenters. The highest BCUT2D eigenvalue weighted by Crippen LogP contribution is 2.16. The van der Waals surface area contributed by atoms with Crippen molar-refractivity contribution in [2.75, 3.05) is 13.2 Å². The summed E-state index contributed by atoms with van der Waals surface area (Å²) in [6.45, 7) is 6.64. The van der Waals surface area contributed by atoms with E-state index in [1.165, 1.54) is 180 Å². The van der Waals surface area contributed by atoms with Gasteiger partial charge >= 0.3 is 17.9 Å². The lowest BCUT2D eigenvalue weighted by Crippen LogP contribution is -2.30. The second-order valence-electron chi connectivity index (χ2n) is 16.7. The molecule has 6 nitrogen and oxygen atoms in total. The van der Waals surface area contributed by atoms with Gasteiger partial charge in [0.05, 0.1) is 0 Å². The summed E-state index contributed by atoms with van der Waals surface area (Å²) in [5, 5.41) is 0. The molecule has 0 heterocycles. The average Bonchev–Trinajstić information content (AvgIpc) is 3.18. The Morgan fingerprint density at radius 2 is 0.491 bits per heavy atom. The number of ether oxygens (including phenoxy) is 3. The molecule has 6 heteroatoms. The van der Waals surface area contributed by atoms with Crippen LogP contribution in [0.3, 0.4) is 0 Å². The number of hydrogen-bond acceptors (Lipinski definition) is 6. The van der Waals surface area contributed by atoms with E-state index in [-0.39, 0.29) is 31.1 Å². The van der Waals surface area contributed by atoms with Crippen LogP contribution in [-0.2, 0) is 28.6 Å². The van der Waals surface area contributed by atoms with Crippen molar-refractivity contribution in [3.8, 4) is 0 Å². The molecular weight excluding hydrogens is 685 g/mol. The van der Waals surface area contributed by atoms with Gasteiger partial charge in [0.15, 0.2) is 6.10 Å². The van der Waals surface area contributed by atoms with E-state index < -0.39 is 6.10 Å². The van der Waals surface area contributed by atoms with Crippen LogP contribution < -0.4 is 0 Å². The minimum Gasteiger partial charge on any atom is -0.462 e. The molecule has 326 valence electrons. The van der Waals surface area contributed by atoms with Gasteiger partial charge in [-0.3, -0.25) is 14.4 Å². The monoisotopic (exact) mass is 779 g/mol. The van der Waals surface area contributed by atoms with Crippen LogP contribution in [0.1, 0.15) is 278 Å². The van der Waals surface area contributed by atoms with Gasteiger partial charge in [-0.25, -0.2) is 0 Å². The second-order valence-corrected chi connectivity index (χ2v) is 16.7. The van der Waals surface area contributed by atoms with Crippen LogP contribution in [-0.4, -0.2) is 37.2 Å². The maximum Gasteiger partial charge on any atom is 0.306 e.